The molecule has 0 aliphatic rings. The van der Waals surface area contributed by atoms with Crippen LogP contribution in [0.1, 0.15) is 10.5 Å². The van der Waals surface area contributed by atoms with Gasteiger partial charge in [-0.1, -0.05) is 0 Å². The van der Waals surface area contributed by atoms with E-state index in [1.807, 2.05) is 29.2 Å². The molecule has 0 spiro atoms. The number of aromatic nitrogens is 3. The quantitative estimate of drug-likeness (QED) is 0.662. The van der Waals surface area contributed by atoms with E-state index < -0.39 is 17.2 Å². The van der Waals surface area contributed by atoms with Crippen molar-refractivity contribution >= 4 is 22.4 Å². The Morgan fingerprint density at radius 2 is 1.96 bits per heavy atom. The highest BCUT2D eigenvalue weighted by atomic mass is 32.1. The van der Waals surface area contributed by atoms with Crippen LogP contribution in [0.5, 0.6) is 5.75 Å². The van der Waals surface area contributed by atoms with Crippen LogP contribution in [0.15, 0.2) is 45.3 Å². The van der Waals surface area contributed by atoms with Crippen LogP contribution in [0.3, 0.4) is 0 Å². The number of carbonyl (C=O) groups is 1. The number of ether oxygens (including phenoxy) is 1. The summed E-state index contributed by atoms with van der Waals surface area (Å²) in [5.41, 5.74) is 0.0343. The number of hydrogen-bond acceptors (Lipinski definition) is 6. The summed E-state index contributed by atoms with van der Waals surface area (Å²) < 4.78 is 5.10. The highest BCUT2D eigenvalue weighted by molar-refractivity contribution is 7.14. The lowest BCUT2D eigenvalue weighted by atomic mass is 10.2. The molecule has 3 rings (SSSR count). The van der Waals surface area contributed by atoms with Gasteiger partial charge in [0, 0.05) is 17.0 Å². The Morgan fingerprint density at radius 3 is 2.62 bits per heavy atom. The minimum Gasteiger partial charge on any atom is -0.497 e. The number of nitrogens with zero attached hydrogens (tertiary/aromatic N) is 1. The number of amides is 1. The summed E-state index contributed by atoms with van der Waals surface area (Å²) in [6.07, 6.45) is 0. The number of nitrogens with one attached hydrogen (secondary N) is 3. The fraction of sp³-hybridized carbons (Fsp3) is 0.0667. The minimum atomic E-state index is -0.745. The second kappa shape index (κ2) is 6.50. The Morgan fingerprint density at radius 1 is 1.21 bits per heavy atom. The highest BCUT2D eigenvalue weighted by Gasteiger charge is 2.11. The van der Waals surface area contributed by atoms with Crippen LogP contribution in [0, 0.1) is 0 Å². The molecule has 0 bridgehead atoms. The number of H-pyrrole nitrogens is 2. The van der Waals surface area contributed by atoms with Crippen molar-refractivity contribution in [2.75, 3.05) is 12.4 Å². The van der Waals surface area contributed by atoms with Gasteiger partial charge in [-0.3, -0.25) is 19.9 Å². The van der Waals surface area contributed by atoms with Crippen molar-refractivity contribution in [1.29, 1.82) is 0 Å². The van der Waals surface area contributed by atoms with Crippen LogP contribution in [0.4, 0.5) is 5.13 Å². The van der Waals surface area contributed by atoms with Crippen molar-refractivity contribution in [3.8, 4) is 17.0 Å². The van der Waals surface area contributed by atoms with Gasteiger partial charge in [-0.05, 0) is 24.3 Å². The SMILES string of the molecule is COc1ccc(-c2csc(NC(=O)c3cc(=O)[nH]c(=O)[nH]3)n2)cc1. The maximum Gasteiger partial charge on any atom is 0.326 e. The standard InChI is InChI=1S/C15H12N4O4S/c1-23-9-4-2-8(3-5-9)11-7-24-15(17-11)19-13(21)10-6-12(20)18-14(22)16-10/h2-7H,1H3,(H,17,19,21)(H2,16,18,20,22). The van der Waals surface area contributed by atoms with Crippen molar-refractivity contribution in [1.82, 2.24) is 15.0 Å². The van der Waals surface area contributed by atoms with Gasteiger partial charge in [0.05, 0.1) is 12.8 Å². The first kappa shape index (κ1) is 15.7. The summed E-state index contributed by atoms with van der Waals surface area (Å²) in [7, 11) is 1.59. The number of hydrogen-bond donors (Lipinski definition) is 3. The van der Waals surface area contributed by atoms with Crippen molar-refractivity contribution in [2.45, 2.75) is 0 Å². The van der Waals surface area contributed by atoms with Crippen LogP contribution in [-0.4, -0.2) is 28.0 Å². The molecule has 122 valence electrons. The average Bonchev–Trinajstić information content (AvgIpc) is 3.02. The molecule has 0 aliphatic carbocycles. The second-order valence-electron chi connectivity index (χ2n) is 4.72. The van der Waals surface area contributed by atoms with Crippen LogP contribution in [0.25, 0.3) is 11.3 Å². The molecule has 1 amide bonds. The molecule has 2 aromatic heterocycles. The molecule has 0 radical (unpaired) electrons. The Labute approximate surface area is 139 Å². The molecule has 3 aromatic rings. The van der Waals surface area contributed by atoms with Crippen molar-refractivity contribution < 1.29 is 9.53 Å². The fourth-order valence-corrected chi connectivity index (χ4v) is 2.70. The summed E-state index contributed by atoms with van der Waals surface area (Å²) in [6.45, 7) is 0. The fourth-order valence-electron chi connectivity index (χ4n) is 1.98. The molecule has 1 aromatic carbocycles. The number of carbonyl (C=O) groups excluding carboxylic acids is 1. The molecule has 0 unspecified atom stereocenters. The number of benzene rings is 1. The van der Waals surface area contributed by atoms with E-state index in [4.69, 9.17) is 4.74 Å². The Bertz CT molecular complexity index is 959. The highest BCUT2D eigenvalue weighted by Crippen LogP contribution is 2.26. The van der Waals surface area contributed by atoms with Gasteiger partial charge in [-0.25, -0.2) is 9.78 Å². The molecule has 0 saturated carbocycles. The molecule has 8 nitrogen and oxygen atoms in total. The van der Waals surface area contributed by atoms with Gasteiger partial charge < -0.3 is 9.72 Å². The number of thiazole rings is 1. The van der Waals surface area contributed by atoms with Crippen LogP contribution in [0.2, 0.25) is 0 Å². The van der Waals surface area contributed by atoms with E-state index in [9.17, 15) is 14.4 Å². The lowest BCUT2D eigenvalue weighted by molar-refractivity contribution is 0.102. The lowest BCUT2D eigenvalue weighted by Crippen LogP contribution is -2.27. The molecule has 3 N–H and O–H groups in total. The number of aromatic amines is 2. The molecule has 0 aliphatic heterocycles. The largest absolute Gasteiger partial charge is 0.497 e. The van der Waals surface area contributed by atoms with Crippen LogP contribution < -0.4 is 21.3 Å². The van der Waals surface area contributed by atoms with E-state index >= 15 is 0 Å². The van der Waals surface area contributed by atoms with E-state index in [0.29, 0.717) is 10.8 Å². The third-order valence-electron chi connectivity index (χ3n) is 3.12. The third kappa shape index (κ3) is 3.41. The molecular weight excluding hydrogens is 332 g/mol. The molecule has 0 saturated heterocycles. The van der Waals surface area contributed by atoms with Gasteiger partial charge in [-0.2, -0.15) is 0 Å². The van der Waals surface area contributed by atoms with Gasteiger partial charge in [-0.15, -0.1) is 11.3 Å². The predicted molar refractivity (Wildman–Crippen MR) is 89.7 cm³/mol. The average molecular weight is 344 g/mol. The van der Waals surface area contributed by atoms with Gasteiger partial charge in [0.25, 0.3) is 11.5 Å². The summed E-state index contributed by atoms with van der Waals surface area (Å²) in [6, 6.07) is 8.35. The molecule has 24 heavy (non-hydrogen) atoms. The van der Waals surface area contributed by atoms with Gasteiger partial charge in [0.15, 0.2) is 5.13 Å². The molecule has 9 heteroatoms. The zero-order valence-corrected chi connectivity index (χ0v) is 13.3. The predicted octanol–water partition coefficient (Wildman–Crippen LogP) is 1.45. The molecule has 2 heterocycles. The Hall–Kier alpha value is -3.20. The molecular formula is C15H12N4O4S. The molecule has 0 atom stereocenters. The number of methoxy groups -OCH3 is 1. The van der Waals surface area contributed by atoms with Crippen LogP contribution >= 0.6 is 11.3 Å². The summed E-state index contributed by atoms with van der Waals surface area (Å²) in [5.74, 6) is 0.120. The first-order valence-corrected chi connectivity index (χ1v) is 7.68. The Kier molecular flexibility index (Phi) is 4.25. The minimum absolute atomic E-state index is 0.134. The third-order valence-corrected chi connectivity index (χ3v) is 3.87. The van der Waals surface area contributed by atoms with E-state index in [2.05, 4.69) is 15.3 Å². The Balaban J connectivity index is 1.79. The second-order valence-corrected chi connectivity index (χ2v) is 5.58. The first-order chi connectivity index (χ1) is 11.5. The van der Waals surface area contributed by atoms with Gasteiger partial charge in [0.2, 0.25) is 0 Å². The zero-order chi connectivity index (χ0) is 17.1. The monoisotopic (exact) mass is 344 g/mol. The summed E-state index contributed by atoms with van der Waals surface area (Å²) in [5, 5.41) is 4.69. The topological polar surface area (TPSA) is 117 Å². The maximum atomic E-state index is 12.1. The first-order valence-electron chi connectivity index (χ1n) is 6.80. The normalized spacial score (nSPS) is 10.4. The van der Waals surface area contributed by atoms with E-state index in [-0.39, 0.29) is 5.69 Å². The zero-order valence-electron chi connectivity index (χ0n) is 12.5. The molecule has 0 fully saturated rings. The lowest BCUT2D eigenvalue weighted by Gasteiger charge is -2.01. The van der Waals surface area contributed by atoms with E-state index in [1.165, 1.54) is 11.3 Å². The van der Waals surface area contributed by atoms with Crippen molar-refractivity contribution in [3.05, 3.63) is 62.2 Å². The smallest absolute Gasteiger partial charge is 0.326 e. The number of rotatable bonds is 4. The van der Waals surface area contributed by atoms with E-state index in [1.54, 1.807) is 12.5 Å². The van der Waals surface area contributed by atoms with E-state index in [0.717, 1.165) is 17.4 Å². The van der Waals surface area contributed by atoms with Gasteiger partial charge in [0.1, 0.15) is 11.4 Å². The number of anilines is 1. The summed E-state index contributed by atoms with van der Waals surface area (Å²) in [4.78, 5) is 43.1. The van der Waals surface area contributed by atoms with Gasteiger partial charge >= 0.3 is 5.69 Å². The van der Waals surface area contributed by atoms with Crippen molar-refractivity contribution in [2.24, 2.45) is 0 Å². The van der Waals surface area contributed by atoms with Crippen molar-refractivity contribution in [3.63, 3.8) is 0 Å². The maximum absolute atomic E-state index is 12.1. The van der Waals surface area contributed by atoms with Crippen LogP contribution in [-0.2, 0) is 0 Å². The summed E-state index contributed by atoms with van der Waals surface area (Å²) >= 11 is 1.23.